The Labute approximate surface area is 143 Å². The molecule has 24 heavy (non-hydrogen) atoms. The van der Waals surface area contributed by atoms with E-state index in [1.54, 1.807) is 24.7 Å². The predicted molar refractivity (Wildman–Crippen MR) is 93.1 cm³/mol. The van der Waals surface area contributed by atoms with Gasteiger partial charge in [-0.15, -0.1) is 11.3 Å². The van der Waals surface area contributed by atoms with Crippen LogP contribution in [-0.4, -0.2) is 30.6 Å². The number of carboxylic acid groups (broad SMARTS) is 1. The monoisotopic (exact) mass is 342 g/mol. The van der Waals surface area contributed by atoms with E-state index in [1.165, 1.54) is 11.3 Å². The van der Waals surface area contributed by atoms with Crippen molar-refractivity contribution >= 4 is 17.3 Å². The second-order valence-corrected chi connectivity index (χ2v) is 6.82. The van der Waals surface area contributed by atoms with Crippen molar-refractivity contribution in [3.8, 4) is 22.1 Å². The first kappa shape index (κ1) is 16.3. The molecule has 3 aromatic rings. The zero-order valence-electron chi connectivity index (χ0n) is 13.7. The van der Waals surface area contributed by atoms with Crippen LogP contribution in [-0.2, 0) is 6.54 Å². The van der Waals surface area contributed by atoms with Crippen molar-refractivity contribution in [2.24, 2.45) is 5.92 Å². The Morgan fingerprint density at radius 3 is 2.75 bits per heavy atom. The maximum Gasteiger partial charge on any atom is 0.337 e. The summed E-state index contributed by atoms with van der Waals surface area (Å²) in [6.07, 6.45) is 4.92. The van der Waals surface area contributed by atoms with E-state index < -0.39 is 5.97 Å². The van der Waals surface area contributed by atoms with E-state index in [2.05, 4.69) is 28.8 Å². The first-order valence-electron chi connectivity index (χ1n) is 7.63. The summed E-state index contributed by atoms with van der Waals surface area (Å²) >= 11 is 1.47. The van der Waals surface area contributed by atoms with Gasteiger partial charge in [-0.2, -0.15) is 0 Å². The van der Waals surface area contributed by atoms with Gasteiger partial charge in [-0.05, 0) is 18.9 Å². The molecule has 1 N–H and O–H groups in total. The van der Waals surface area contributed by atoms with Crippen LogP contribution < -0.4 is 0 Å². The van der Waals surface area contributed by atoms with Gasteiger partial charge in [0.1, 0.15) is 10.7 Å². The van der Waals surface area contributed by atoms with Crippen LogP contribution >= 0.6 is 11.3 Å². The molecule has 0 aliphatic rings. The lowest BCUT2D eigenvalue weighted by Crippen LogP contribution is -2.09. The average molecular weight is 342 g/mol. The molecular weight excluding hydrogens is 324 g/mol. The Balaban J connectivity index is 2.07. The van der Waals surface area contributed by atoms with Gasteiger partial charge in [0, 0.05) is 30.0 Å². The summed E-state index contributed by atoms with van der Waals surface area (Å²) in [4.78, 5) is 24.4. The SMILES string of the molecule is Cc1c(C(=O)O)cc(-c2csc(-c3cnccn3)n2)n1CC(C)C. The van der Waals surface area contributed by atoms with Gasteiger partial charge >= 0.3 is 5.97 Å². The van der Waals surface area contributed by atoms with Gasteiger partial charge in [0.15, 0.2) is 0 Å². The summed E-state index contributed by atoms with van der Waals surface area (Å²) in [5.41, 5.74) is 3.37. The molecule has 0 saturated carbocycles. The van der Waals surface area contributed by atoms with Crippen LogP contribution in [0.4, 0.5) is 0 Å². The third-order valence-electron chi connectivity index (χ3n) is 3.69. The van der Waals surface area contributed by atoms with Crippen LogP contribution in [0.1, 0.15) is 29.9 Å². The first-order valence-corrected chi connectivity index (χ1v) is 8.51. The van der Waals surface area contributed by atoms with Crippen LogP contribution in [0.2, 0.25) is 0 Å². The molecule has 0 atom stereocenters. The highest BCUT2D eigenvalue weighted by Crippen LogP contribution is 2.31. The second kappa shape index (κ2) is 6.52. The van der Waals surface area contributed by atoms with Crippen LogP contribution in [0.25, 0.3) is 22.1 Å². The molecule has 0 aliphatic heterocycles. The van der Waals surface area contributed by atoms with Gasteiger partial charge in [-0.25, -0.2) is 9.78 Å². The highest BCUT2D eigenvalue weighted by molar-refractivity contribution is 7.13. The van der Waals surface area contributed by atoms with Crippen molar-refractivity contribution in [2.75, 3.05) is 0 Å². The number of nitrogens with zero attached hydrogens (tertiary/aromatic N) is 4. The third-order valence-corrected chi connectivity index (χ3v) is 4.56. The molecule has 0 aliphatic carbocycles. The van der Waals surface area contributed by atoms with Crippen LogP contribution in [0.15, 0.2) is 30.0 Å². The summed E-state index contributed by atoms with van der Waals surface area (Å²) in [7, 11) is 0. The van der Waals surface area contributed by atoms with E-state index in [4.69, 9.17) is 0 Å². The lowest BCUT2D eigenvalue weighted by Gasteiger charge is -2.13. The molecule has 3 heterocycles. The summed E-state index contributed by atoms with van der Waals surface area (Å²) in [6.45, 7) is 6.79. The molecule has 0 fully saturated rings. The molecule has 0 radical (unpaired) electrons. The predicted octanol–water partition coefficient (Wildman–Crippen LogP) is 3.73. The van der Waals surface area contributed by atoms with Crippen LogP contribution in [0, 0.1) is 12.8 Å². The minimum Gasteiger partial charge on any atom is -0.478 e. The largest absolute Gasteiger partial charge is 0.478 e. The van der Waals surface area contributed by atoms with Crippen molar-refractivity contribution in [1.82, 2.24) is 19.5 Å². The molecule has 0 saturated heterocycles. The van der Waals surface area contributed by atoms with Gasteiger partial charge in [0.2, 0.25) is 0 Å². The topological polar surface area (TPSA) is 80.9 Å². The highest BCUT2D eigenvalue weighted by Gasteiger charge is 2.20. The van der Waals surface area contributed by atoms with Gasteiger partial charge in [0.25, 0.3) is 0 Å². The minimum atomic E-state index is -0.916. The van der Waals surface area contributed by atoms with E-state index in [0.29, 0.717) is 17.2 Å². The number of aromatic carboxylic acids is 1. The number of hydrogen-bond acceptors (Lipinski definition) is 5. The summed E-state index contributed by atoms with van der Waals surface area (Å²) in [5, 5.41) is 12.1. The van der Waals surface area contributed by atoms with E-state index in [0.717, 1.165) is 28.6 Å². The Hall–Kier alpha value is -2.54. The molecule has 0 amide bonds. The van der Waals surface area contributed by atoms with E-state index in [1.807, 2.05) is 16.9 Å². The van der Waals surface area contributed by atoms with Crippen molar-refractivity contribution < 1.29 is 9.90 Å². The van der Waals surface area contributed by atoms with Crippen molar-refractivity contribution in [3.63, 3.8) is 0 Å². The van der Waals surface area contributed by atoms with E-state index in [-0.39, 0.29) is 0 Å². The Bertz CT molecular complexity index is 868. The number of carboxylic acids is 1. The average Bonchev–Trinajstić information content (AvgIpc) is 3.14. The summed E-state index contributed by atoms with van der Waals surface area (Å²) in [5.74, 6) is -0.518. The fraction of sp³-hybridized carbons (Fsp3) is 0.294. The molecule has 0 unspecified atom stereocenters. The summed E-state index contributed by atoms with van der Waals surface area (Å²) in [6, 6.07) is 1.70. The smallest absolute Gasteiger partial charge is 0.337 e. The van der Waals surface area contributed by atoms with Gasteiger partial charge in [0.05, 0.1) is 23.1 Å². The molecule has 3 rings (SSSR count). The normalized spacial score (nSPS) is 11.2. The fourth-order valence-corrected chi connectivity index (χ4v) is 3.37. The standard InChI is InChI=1S/C17H18N4O2S/c1-10(2)8-21-11(3)12(17(22)23)6-15(21)14-9-24-16(20-14)13-7-18-4-5-19-13/h4-7,9-10H,8H2,1-3H3,(H,22,23). The fourth-order valence-electron chi connectivity index (χ4n) is 2.59. The van der Waals surface area contributed by atoms with Gasteiger partial charge < -0.3 is 9.67 Å². The Kier molecular flexibility index (Phi) is 4.44. The maximum atomic E-state index is 11.5. The molecule has 7 heteroatoms. The van der Waals surface area contributed by atoms with Crippen molar-refractivity contribution in [1.29, 1.82) is 0 Å². The Morgan fingerprint density at radius 1 is 1.33 bits per heavy atom. The molecule has 3 aromatic heterocycles. The molecule has 0 spiro atoms. The lowest BCUT2D eigenvalue weighted by atomic mass is 10.2. The van der Waals surface area contributed by atoms with Gasteiger partial charge in [-0.1, -0.05) is 13.8 Å². The number of rotatable bonds is 5. The zero-order chi connectivity index (χ0) is 17.3. The van der Waals surface area contributed by atoms with Gasteiger partial charge in [-0.3, -0.25) is 9.97 Å². The maximum absolute atomic E-state index is 11.5. The Morgan fingerprint density at radius 2 is 2.12 bits per heavy atom. The third kappa shape index (κ3) is 3.07. The molecule has 124 valence electrons. The van der Waals surface area contributed by atoms with Crippen LogP contribution in [0.5, 0.6) is 0 Å². The summed E-state index contributed by atoms with van der Waals surface area (Å²) < 4.78 is 2.03. The highest BCUT2D eigenvalue weighted by atomic mass is 32.1. The van der Waals surface area contributed by atoms with Crippen molar-refractivity contribution in [3.05, 3.63) is 41.3 Å². The molecule has 0 aromatic carbocycles. The quantitative estimate of drug-likeness (QED) is 0.764. The van der Waals surface area contributed by atoms with Crippen LogP contribution in [0.3, 0.4) is 0 Å². The second-order valence-electron chi connectivity index (χ2n) is 5.97. The minimum absolute atomic E-state index is 0.319. The molecular formula is C17H18N4O2S. The number of thiazole rings is 1. The lowest BCUT2D eigenvalue weighted by molar-refractivity contribution is 0.0696. The number of carbonyl (C=O) groups is 1. The zero-order valence-corrected chi connectivity index (χ0v) is 14.5. The van der Waals surface area contributed by atoms with E-state index >= 15 is 0 Å². The first-order chi connectivity index (χ1) is 11.5. The molecule has 0 bridgehead atoms. The number of aromatic nitrogens is 4. The van der Waals surface area contributed by atoms with E-state index in [9.17, 15) is 9.90 Å². The van der Waals surface area contributed by atoms with Crippen molar-refractivity contribution in [2.45, 2.75) is 27.3 Å². The molecule has 6 nitrogen and oxygen atoms in total. The number of hydrogen-bond donors (Lipinski definition) is 1.